The van der Waals surface area contributed by atoms with Gasteiger partial charge in [-0.05, 0) is 51.9 Å². The smallest absolute Gasteiger partial charge is 0.198 e. The molecule has 0 spiro atoms. The number of aromatic nitrogens is 2. The second-order valence-corrected chi connectivity index (χ2v) is 12.1. The van der Waals surface area contributed by atoms with Crippen molar-refractivity contribution in [3.8, 4) is 5.88 Å². The lowest BCUT2D eigenvalue weighted by atomic mass is 9.80. The number of benzene rings is 3. The van der Waals surface area contributed by atoms with Crippen LogP contribution in [0, 0.1) is 5.82 Å². The third-order valence-electron chi connectivity index (χ3n) is 8.50. The summed E-state index contributed by atoms with van der Waals surface area (Å²) in [4.78, 5) is 4.42. The molecule has 0 amide bonds. The fraction of sp³-hybridized carbons (Fsp3) is 0.306. The number of fused-ring (bicyclic) bond motifs is 1. The Balaban J connectivity index is 1.15. The van der Waals surface area contributed by atoms with Crippen LogP contribution in [0.4, 0.5) is 4.39 Å². The molecule has 6 nitrogen and oxygen atoms in total. The first-order valence-corrected chi connectivity index (χ1v) is 16.0. The fourth-order valence-electron chi connectivity index (χ4n) is 6.42. The van der Waals surface area contributed by atoms with Gasteiger partial charge in [0, 0.05) is 25.2 Å². The summed E-state index contributed by atoms with van der Waals surface area (Å²) in [5, 5.41) is 0. The zero-order chi connectivity index (χ0) is 29.9. The van der Waals surface area contributed by atoms with Crippen molar-refractivity contribution >= 4 is 27.0 Å². The van der Waals surface area contributed by atoms with Gasteiger partial charge in [-0.15, -0.1) is 0 Å². The number of pyridine rings is 1. The lowest BCUT2D eigenvalue weighted by Gasteiger charge is -2.36. The Morgan fingerprint density at radius 3 is 2.09 bits per heavy atom. The van der Waals surface area contributed by atoms with Gasteiger partial charge in [-0.3, -0.25) is 4.57 Å². The summed E-state index contributed by atoms with van der Waals surface area (Å²) in [5.41, 5.74) is 3.63. The quantitative estimate of drug-likeness (QED) is 0.118. The summed E-state index contributed by atoms with van der Waals surface area (Å²) in [6.07, 6.45) is 2.91. The van der Waals surface area contributed by atoms with E-state index in [1.165, 1.54) is 6.07 Å². The molecule has 226 valence electrons. The third-order valence-corrected chi connectivity index (χ3v) is 9.06. The molecule has 0 N–H and O–H groups in total. The molecular weight excluding hydrogens is 623 g/mol. The summed E-state index contributed by atoms with van der Waals surface area (Å²) >= 11 is 3.22. The normalized spacial score (nSPS) is 20.6. The average Bonchev–Trinajstić information content (AvgIpc) is 3.67. The average molecular weight is 658 g/mol. The van der Waals surface area contributed by atoms with Crippen LogP contribution in [0.2, 0.25) is 0 Å². The van der Waals surface area contributed by atoms with Crippen LogP contribution < -0.4 is 4.74 Å². The van der Waals surface area contributed by atoms with Gasteiger partial charge >= 0.3 is 0 Å². The molecule has 5 aromatic rings. The maximum atomic E-state index is 14.6. The number of halogens is 2. The van der Waals surface area contributed by atoms with Crippen molar-refractivity contribution in [2.75, 3.05) is 19.8 Å². The van der Waals surface area contributed by atoms with Gasteiger partial charge in [0.05, 0.1) is 30.4 Å². The van der Waals surface area contributed by atoms with E-state index >= 15 is 0 Å². The van der Waals surface area contributed by atoms with E-state index in [4.69, 9.17) is 18.9 Å². The minimum atomic E-state index is -0.819. The second-order valence-electron chi connectivity index (χ2n) is 11.4. The molecule has 2 aromatic heterocycles. The van der Waals surface area contributed by atoms with Crippen LogP contribution in [0.15, 0.2) is 108 Å². The van der Waals surface area contributed by atoms with Gasteiger partial charge in [-0.1, -0.05) is 91.0 Å². The standard InChI is InChI=1S/C36H34BrFN2O4/c37-35-30(38)21-32-31(39-35)22-34(40(32)33-18-10-11-19-41-33)44-29-20-28(42-23-29)24-43-36(25-12-4-1-5-13-25,26-14-6-2-7-15-26)27-16-8-3-9-17-27/h1-9,12-17,21-22,28-29,33H,10-11,18-20,23-24H2/t28?,29-,33?/m0/s1. The molecule has 2 unspecified atom stereocenters. The van der Waals surface area contributed by atoms with Crippen LogP contribution in [-0.2, 0) is 19.8 Å². The molecule has 8 heteroatoms. The van der Waals surface area contributed by atoms with Crippen LogP contribution >= 0.6 is 15.9 Å². The summed E-state index contributed by atoms with van der Waals surface area (Å²) in [6, 6.07) is 34.4. The van der Waals surface area contributed by atoms with Crippen molar-refractivity contribution in [1.82, 2.24) is 9.55 Å². The van der Waals surface area contributed by atoms with Crippen molar-refractivity contribution in [2.45, 2.75) is 49.7 Å². The van der Waals surface area contributed by atoms with Crippen molar-refractivity contribution in [3.63, 3.8) is 0 Å². The Labute approximate surface area is 264 Å². The highest BCUT2D eigenvalue weighted by Gasteiger charge is 2.39. The lowest BCUT2D eigenvalue weighted by Crippen LogP contribution is -2.35. The molecule has 44 heavy (non-hydrogen) atoms. The van der Waals surface area contributed by atoms with Crippen molar-refractivity contribution < 1.29 is 23.3 Å². The molecule has 2 aliphatic rings. The minimum absolute atomic E-state index is 0.177. The van der Waals surface area contributed by atoms with E-state index in [1.807, 2.05) is 65.2 Å². The molecule has 4 heterocycles. The predicted octanol–water partition coefficient (Wildman–Crippen LogP) is 8.18. The monoisotopic (exact) mass is 656 g/mol. The Hall–Kier alpha value is -3.56. The zero-order valence-electron chi connectivity index (χ0n) is 24.3. The van der Waals surface area contributed by atoms with Crippen LogP contribution in [0.3, 0.4) is 0 Å². The van der Waals surface area contributed by atoms with Crippen LogP contribution in [-0.4, -0.2) is 41.6 Å². The maximum absolute atomic E-state index is 14.6. The van der Waals surface area contributed by atoms with E-state index in [-0.39, 0.29) is 23.0 Å². The van der Waals surface area contributed by atoms with Gasteiger partial charge < -0.3 is 18.9 Å². The van der Waals surface area contributed by atoms with E-state index < -0.39 is 11.4 Å². The van der Waals surface area contributed by atoms with Gasteiger partial charge in [0.15, 0.2) is 11.7 Å². The fourth-order valence-corrected chi connectivity index (χ4v) is 6.72. The van der Waals surface area contributed by atoms with Gasteiger partial charge in [-0.2, -0.15) is 0 Å². The molecule has 2 fully saturated rings. The maximum Gasteiger partial charge on any atom is 0.198 e. The molecular formula is C36H34BrFN2O4. The Morgan fingerprint density at radius 1 is 0.864 bits per heavy atom. The number of rotatable bonds is 9. The topological polar surface area (TPSA) is 54.7 Å². The first-order valence-electron chi connectivity index (χ1n) is 15.2. The Kier molecular flexibility index (Phi) is 8.49. The second kappa shape index (κ2) is 12.8. The van der Waals surface area contributed by atoms with E-state index in [9.17, 15) is 4.39 Å². The SMILES string of the molecule is Fc1cc2c(cc(O[C@@H]3COC(COC(c4ccccc4)(c4ccccc4)c4ccccc4)C3)n2C2CCCCO2)nc1Br. The summed E-state index contributed by atoms with van der Waals surface area (Å²) in [5.74, 6) is 0.193. The first-order chi connectivity index (χ1) is 21.6. The number of nitrogens with zero attached hydrogens (tertiary/aromatic N) is 2. The van der Waals surface area contributed by atoms with Crippen LogP contribution in [0.25, 0.3) is 11.0 Å². The molecule has 0 saturated carbocycles. The largest absolute Gasteiger partial charge is 0.473 e. The van der Waals surface area contributed by atoms with E-state index in [0.29, 0.717) is 43.2 Å². The molecule has 0 radical (unpaired) electrons. The molecule has 2 aliphatic heterocycles. The lowest BCUT2D eigenvalue weighted by molar-refractivity contribution is -0.0461. The van der Waals surface area contributed by atoms with Crippen LogP contribution in [0.1, 0.15) is 48.6 Å². The van der Waals surface area contributed by atoms with E-state index in [2.05, 4.69) is 57.3 Å². The molecule has 7 rings (SSSR count). The Morgan fingerprint density at radius 2 is 1.50 bits per heavy atom. The predicted molar refractivity (Wildman–Crippen MR) is 170 cm³/mol. The van der Waals surface area contributed by atoms with Gasteiger partial charge in [0.2, 0.25) is 0 Å². The number of hydrogen-bond donors (Lipinski definition) is 0. The number of hydrogen-bond acceptors (Lipinski definition) is 5. The van der Waals surface area contributed by atoms with Gasteiger partial charge in [0.1, 0.15) is 22.5 Å². The zero-order valence-corrected chi connectivity index (χ0v) is 25.9. The van der Waals surface area contributed by atoms with Gasteiger partial charge in [0.25, 0.3) is 0 Å². The third kappa shape index (κ3) is 5.68. The van der Waals surface area contributed by atoms with E-state index in [0.717, 1.165) is 36.0 Å². The van der Waals surface area contributed by atoms with Crippen molar-refractivity contribution in [1.29, 1.82) is 0 Å². The summed E-state index contributed by atoms with van der Waals surface area (Å²) < 4.78 is 42.6. The highest BCUT2D eigenvalue weighted by Crippen LogP contribution is 2.41. The first kappa shape index (κ1) is 29.2. The molecule has 0 aliphatic carbocycles. The molecule has 3 atom stereocenters. The minimum Gasteiger partial charge on any atom is -0.473 e. The van der Waals surface area contributed by atoms with Crippen molar-refractivity contribution in [2.24, 2.45) is 0 Å². The van der Waals surface area contributed by atoms with Gasteiger partial charge in [-0.25, -0.2) is 9.37 Å². The summed E-state index contributed by atoms with van der Waals surface area (Å²) in [6.45, 7) is 1.45. The molecule has 0 bridgehead atoms. The van der Waals surface area contributed by atoms with Crippen molar-refractivity contribution in [3.05, 3.63) is 130 Å². The number of ether oxygens (including phenoxy) is 4. The highest BCUT2D eigenvalue weighted by molar-refractivity contribution is 9.10. The molecule has 3 aromatic carbocycles. The molecule has 2 saturated heterocycles. The Bertz CT molecular complexity index is 1600. The van der Waals surface area contributed by atoms with Crippen LogP contribution in [0.5, 0.6) is 5.88 Å². The highest BCUT2D eigenvalue weighted by atomic mass is 79.9. The summed E-state index contributed by atoms with van der Waals surface area (Å²) in [7, 11) is 0. The van der Waals surface area contributed by atoms with E-state index in [1.54, 1.807) is 0 Å².